The molecular formula is C21H23ClN3O5+. The van der Waals surface area contributed by atoms with E-state index in [0.29, 0.717) is 48.9 Å². The Morgan fingerprint density at radius 1 is 1.40 bits per heavy atom. The largest absolute Gasteiger partial charge is 0.489 e. The smallest absolute Gasteiger partial charge is 0.410 e. The molecule has 1 aromatic heterocycles. The van der Waals surface area contributed by atoms with Gasteiger partial charge in [-0.3, -0.25) is 10.0 Å². The number of halogens is 1. The van der Waals surface area contributed by atoms with Crippen LogP contribution in [-0.4, -0.2) is 47.4 Å². The first-order chi connectivity index (χ1) is 14.4. The van der Waals surface area contributed by atoms with Crippen LogP contribution in [0.2, 0.25) is 5.02 Å². The molecule has 4 rings (SSSR count). The van der Waals surface area contributed by atoms with Gasteiger partial charge in [0, 0.05) is 35.7 Å². The monoisotopic (exact) mass is 432 g/mol. The molecule has 30 heavy (non-hydrogen) atoms. The second-order valence-corrected chi connectivity index (χ2v) is 7.98. The van der Waals surface area contributed by atoms with E-state index in [9.17, 15) is 14.8 Å². The third-order valence-corrected chi connectivity index (χ3v) is 5.67. The Bertz CT molecular complexity index is 966. The number of amides is 2. The van der Waals surface area contributed by atoms with Crippen molar-refractivity contribution < 1.29 is 29.0 Å². The van der Waals surface area contributed by atoms with Gasteiger partial charge < -0.3 is 19.7 Å². The highest BCUT2D eigenvalue weighted by molar-refractivity contribution is 6.30. The summed E-state index contributed by atoms with van der Waals surface area (Å²) >= 11 is 5.88. The number of hydrogen-bond acceptors (Lipinski definition) is 5. The maximum atomic E-state index is 12.6. The van der Waals surface area contributed by atoms with Gasteiger partial charge >= 0.3 is 17.7 Å². The van der Waals surface area contributed by atoms with Crippen molar-refractivity contribution in [1.82, 2.24) is 10.2 Å². The van der Waals surface area contributed by atoms with Crippen LogP contribution < -0.4 is 14.8 Å². The lowest BCUT2D eigenvalue weighted by Gasteiger charge is -2.32. The quantitative estimate of drug-likeness (QED) is 0.559. The molecule has 0 unspecified atom stereocenters. The van der Waals surface area contributed by atoms with Crippen molar-refractivity contribution in [1.29, 1.82) is 0 Å². The Balaban J connectivity index is 1.43. The third kappa shape index (κ3) is 4.28. The summed E-state index contributed by atoms with van der Waals surface area (Å²) in [7, 11) is 0. The average molecular weight is 433 g/mol. The number of aryl methyl sites for hydroxylation is 1. The van der Waals surface area contributed by atoms with E-state index in [4.69, 9.17) is 21.1 Å². The molecule has 1 aromatic carbocycles. The van der Waals surface area contributed by atoms with Gasteiger partial charge in [-0.15, -0.1) is 0 Å². The summed E-state index contributed by atoms with van der Waals surface area (Å²) in [5, 5.41) is 13.6. The molecule has 0 saturated carbocycles. The van der Waals surface area contributed by atoms with Gasteiger partial charge in [-0.1, -0.05) is 23.7 Å². The third-order valence-electron chi connectivity index (χ3n) is 5.41. The van der Waals surface area contributed by atoms with Gasteiger partial charge in [0.25, 0.3) is 0 Å². The van der Waals surface area contributed by atoms with E-state index in [0.717, 1.165) is 10.3 Å². The van der Waals surface area contributed by atoms with Gasteiger partial charge in [0.2, 0.25) is 6.20 Å². The number of ether oxygens (including phenoxy) is 2. The minimum Gasteiger partial charge on any atom is -0.489 e. The number of carbonyl (C=O) groups is 2. The first-order valence-electron chi connectivity index (χ1n) is 9.79. The van der Waals surface area contributed by atoms with Crippen molar-refractivity contribution >= 4 is 23.6 Å². The molecule has 2 aliphatic heterocycles. The lowest BCUT2D eigenvalue weighted by molar-refractivity contribution is -0.906. The average Bonchev–Trinajstić information content (AvgIpc) is 3.09. The number of hydrogen-bond donors (Lipinski definition) is 2. The van der Waals surface area contributed by atoms with Crippen LogP contribution in [0.15, 0.2) is 36.5 Å². The van der Waals surface area contributed by atoms with Crippen LogP contribution in [0, 0.1) is 6.92 Å². The first kappa shape index (κ1) is 20.3. The van der Waals surface area contributed by atoms with Crippen molar-refractivity contribution in [3.05, 3.63) is 58.4 Å². The number of fused-ring (bicyclic) bond motifs is 1. The lowest BCUT2D eigenvalue weighted by Crippen LogP contribution is -2.45. The molecule has 0 radical (unpaired) electrons. The van der Waals surface area contributed by atoms with Gasteiger partial charge in [0.1, 0.15) is 18.5 Å². The maximum Gasteiger partial charge on any atom is 0.410 e. The highest BCUT2D eigenvalue weighted by atomic mass is 35.5. The molecule has 0 aliphatic carbocycles. The second kappa shape index (κ2) is 8.39. The Morgan fingerprint density at radius 3 is 2.93 bits per heavy atom. The molecule has 8 nitrogen and oxygen atoms in total. The van der Waals surface area contributed by atoms with Gasteiger partial charge in [0.15, 0.2) is 0 Å². The summed E-state index contributed by atoms with van der Waals surface area (Å²) in [6.07, 6.45) is 2.42. The molecular weight excluding hydrogens is 410 g/mol. The summed E-state index contributed by atoms with van der Waals surface area (Å²) in [6, 6.07) is 8.70. The summed E-state index contributed by atoms with van der Waals surface area (Å²) < 4.78 is 12.0. The standard InChI is InChI=1S/C21H22ClN3O5/c1-13-11-25(28)18(20(26)23-10-14-2-4-15(22)5-3-14)9-19(13)30-17-6-7-24-16(8-17)12-29-21(24)27/h2-5,9,11,16-17H,6-8,10,12H2,1H3,(H-,23,26,28)/p+1/t16-,17-/m0/s1. The van der Waals surface area contributed by atoms with Crippen molar-refractivity contribution in [3.8, 4) is 5.75 Å². The van der Waals surface area contributed by atoms with Crippen molar-refractivity contribution in [2.45, 2.75) is 38.5 Å². The van der Waals surface area contributed by atoms with E-state index in [1.165, 1.54) is 12.3 Å². The Hall–Kier alpha value is -3.00. The van der Waals surface area contributed by atoms with Crippen molar-refractivity contribution in [2.75, 3.05) is 13.2 Å². The Morgan fingerprint density at radius 2 is 2.17 bits per heavy atom. The molecule has 3 heterocycles. The summed E-state index contributed by atoms with van der Waals surface area (Å²) in [5.74, 6) is 0.0996. The molecule has 158 valence electrons. The van der Waals surface area contributed by atoms with Crippen LogP contribution in [0.25, 0.3) is 0 Å². The molecule has 2 aromatic rings. The van der Waals surface area contributed by atoms with Gasteiger partial charge in [-0.05, 0) is 24.6 Å². The Labute approximate surface area is 178 Å². The van der Waals surface area contributed by atoms with Crippen molar-refractivity contribution in [2.24, 2.45) is 0 Å². The maximum absolute atomic E-state index is 12.6. The van der Waals surface area contributed by atoms with E-state index < -0.39 is 5.91 Å². The van der Waals surface area contributed by atoms with E-state index in [2.05, 4.69) is 5.32 Å². The van der Waals surface area contributed by atoms with E-state index in [-0.39, 0.29) is 23.9 Å². The number of cyclic esters (lactones) is 1. The Kier molecular flexibility index (Phi) is 5.67. The van der Waals surface area contributed by atoms with Gasteiger partial charge in [-0.25, -0.2) is 4.79 Å². The zero-order chi connectivity index (χ0) is 21.3. The molecule has 2 atom stereocenters. The lowest BCUT2D eigenvalue weighted by atomic mass is 10.0. The van der Waals surface area contributed by atoms with Crippen molar-refractivity contribution in [3.63, 3.8) is 0 Å². The summed E-state index contributed by atoms with van der Waals surface area (Å²) in [6.45, 7) is 3.05. The molecule has 2 amide bonds. The number of rotatable bonds is 5. The number of benzene rings is 1. The van der Waals surface area contributed by atoms with Crippen LogP contribution in [0.3, 0.4) is 0 Å². The number of piperidine rings is 1. The van der Waals surface area contributed by atoms with E-state index in [1.807, 2.05) is 12.1 Å². The molecule has 0 spiro atoms. The molecule has 2 saturated heterocycles. The zero-order valence-electron chi connectivity index (χ0n) is 16.5. The van der Waals surface area contributed by atoms with Crippen LogP contribution >= 0.6 is 11.6 Å². The highest BCUT2D eigenvalue weighted by Gasteiger charge is 2.39. The number of nitrogens with zero attached hydrogens (tertiary/aromatic N) is 2. The SMILES string of the molecule is Cc1c[n+](O)c(C(=O)NCc2ccc(Cl)cc2)cc1O[C@H]1CCN2C(=O)OC[C@@H]2C1. The fraction of sp³-hybridized carbons (Fsp3) is 0.381. The molecule has 2 aliphatic rings. The fourth-order valence-corrected chi connectivity index (χ4v) is 3.87. The topological polar surface area (TPSA) is 92.0 Å². The van der Waals surface area contributed by atoms with Crippen LogP contribution in [0.1, 0.15) is 34.5 Å². The van der Waals surface area contributed by atoms with Crippen LogP contribution in [0.5, 0.6) is 5.75 Å². The molecule has 0 bridgehead atoms. The zero-order valence-corrected chi connectivity index (χ0v) is 17.3. The normalized spacial score (nSPS) is 20.5. The fourth-order valence-electron chi connectivity index (χ4n) is 3.74. The van der Waals surface area contributed by atoms with Gasteiger partial charge in [-0.2, -0.15) is 0 Å². The van der Waals surface area contributed by atoms with Crippen LogP contribution in [0.4, 0.5) is 4.79 Å². The first-order valence-corrected chi connectivity index (χ1v) is 10.2. The number of carbonyl (C=O) groups excluding carboxylic acids is 2. The number of nitrogens with one attached hydrogen (secondary N) is 1. The van der Waals surface area contributed by atoms with E-state index >= 15 is 0 Å². The summed E-state index contributed by atoms with van der Waals surface area (Å²) in [5.41, 5.74) is 1.66. The molecule has 2 N–H and O–H groups in total. The minimum atomic E-state index is -0.429. The summed E-state index contributed by atoms with van der Waals surface area (Å²) in [4.78, 5) is 26.0. The molecule has 9 heteroatoms. The molecule has 2 fully saturated rings. The predicted molar refractivity (Wildman–Crippen MR) is 107 cm³/mol. The van der Waals surface area contributed by atoms with Gasteiger partial charge in [0.05, 0.1) is 17.7 Å². The minimum absolute atomic E-state index is 0.0187. The second-order valence-electron chi connectivity index (χ2n) is 7.55. The van der Waals surface area contributed by atoms with Crippen LogP contribution in [-0.2, 0) is 11.3 Å². The number of pyridine rings is 1. The highest BCUT2D eigenvalue weighted by Crippen LogP contribution is 2.28. The predicted octanol–water partition coefficient (Wildman–Crippen LogP) is 2.47. The number of aromatic nitrogens is 1. The van der Waals surface area contributed by atoms with E-state index in [1.54, 1.807) is 24.0 Å².